The SMILES string of the molecule is CN(C)c1cccc(P(=O)(O)O)c1P(=O)(O)O. The molecule has 0 aliphatic carbocycles. The van der Waals surface area contributed by atoms with E-state index in [9.17, 15) is 18.9 Å². The number of anilines is 1. The molecule has 0 saturated carbocycles. The van der Waals surface area contributed by atoms with Gasteiger partial charge in [0.05, 0.1) is 11.0 Å². The molecule has 0 fully saturated rings. The molecule has 0 aliphatic rings. The molecular formula is C8H13NO6P2. The fourth-order valence-electron chi connectivity index (χ4n) is 1.41. The molecule has 0 aliphatic heterocycles. The highest BCUT2D eigenvalue weighted by atomic mass is 31.2. The van der Waals surface area contributed by atoms with Gasteiger partial charge in [-0.05, 0) is 12.1 Å². The number of hydrogen-bond donors (Lipinski definition) is 4. The van der Waals surface area contributed by atoms with E-state index in [1.807, 2.05) is 0 Å². The van der Waals surface area contributed by atoms with E-state index < -0.39 is 25.8 Å². The van der Waals surface area contributed by atoms with Crippen molar-refractivity contribution in [2.24, 2.45) is 0 Å². The summed E-state index contributed by atoms with van der Waals surface area (Å²) in [7, 11) is -6.46. The fourth-order valence-corrected chi connectivity index (χ4v) is 3.81. The van der Waals surface area contributed by atoms with E-state index in [0.29, 0.717) is 0 Å². The molecule has 9 heteroatoms. The molecule has 17 heavy (non-hydrogen) atoms. The monoisotopic (exact) mass is 281 g/mol. The third-order valence-electron chi connectivity index (χ3n) is 2.08. The van der Waals surface area contributed by atoms with Crippen molar-refractivity contribution in [3.63, 3.8) is 0 Å². The molecular weight excluding hydrogens is 268 g/mol. The second-order valence-corrected chi connectivity index (χ2v) is 6.73. The molecule has 0 saturated heterocycles. The van der Waals surface area contributed by atoms with E-state index in [-0.39, 0.29) is 5.69 Å². The molecule has 0 aromatic heterocycles. The third kappa shape index (κ3) is 3.16. The van der Waals surface area contributed by atoms with E-state index in [1.54, 1.807) is 0 Å². The third-order valence-corrected chi connectivity index (χ3v) is 4.31. The predicted octanol–water partition coefficient (Wildman–Crippen LogP) is -0.641. The van der Waals surface area contributed by atoms with Crippen molar-refractivity contribution in [1.82, 2.24) is 0 Å². The summed E-state index contributed by atoms with van der Waals surface area (Å²) in [6.07, 6.45) is 0. The molecule has 0 heterocycles. The van der Waals surface area contributed by atoms with Crippen LogP contribution in [0.25, 0.3) is 0 Å². The summed E-state index contributed by atoms with van der Waals surface area (Å²) >= 11 is 0. The maximum Gasteiger partial charge on any atom is 0.359 e. The lowest BCUT2D eigenvalue weighted by Gasteiger charge is -2.21. The molecule has 96 valence electrons. The minimum atomic E-state index is -4.78. The van der Waals surface area contributed by atoms with E-state index >= 15 is 0 Å². The zero-order valence-electron chi connectivity index (χ0n) is 9.18. The second kappa shape index (κ2) is 4.53. The first-order valence-corrected chi connectivity index (χ1v) is 7.70. The number of hydrogen-bond acceptors (Lipinski definition) is 3. The lowest BCUT2D eigenvalue weighted by atomic mass is 10.3. The summed E-state index contributed by atoms with van der Waals surface area (Å²) in [6.45, 7) is 0. The maximum atomic E-state index is 11.4. The highest BCUT2D eigenvalue weighted by molar-refractivity contribution is 7.67. The standard InChI is InChI=1S/C8H13NO6P2/c1-9(2)6-4-3-5-7(16(10,11)12)8(6)17(13,14)15/h3-5H,1-2H3,(H2,10,11,12)(H2,13,14,15). The van der Waals surface area contributed by atoms with E-state index in [1.165, 1.54) is 31.1 Å². The van der Waals surface area contributed by atoms with Gasteiger partial charge in [0.2, 0.25) is 0 Å². The van der Waals surface area contributed by atoms with Crippen LogP contribution in [0, 0.1) is 0 Å². The number of nitrogens with zero attached hydrogens (tertiary/aromatic N) is 1. The minimum absolute atomic E-state index is 0.0826. The Hall–Kier alpha value is -0.680. The van der Waals surface area contributed by atoms with Gasteiger partial charge in [-0.3, -0.25) is 9.13 Å². The van der Waals surface area contributed by atoms with Crippen LogP contribution in [-0.4, -0.2) is 33.7 Å². The van der Waals surface area contributed by atoms with Gasteiger partial charge in [0, 0.05) is 14.1 Å². The Morgan fingerprint density at radius 2 is 1.53 bits per heavy atom. The quantitative estimate of drug-likeness (QED) is 0.544. The van der Waals surface area contributed by atoms with Crippen molar-refractivity contribution in [3.05, 3.63) is 18.2 Å². The van der Waals surface area contributed by atoms with E-state index in [0.717, 1.165) is 6.07 Å². The zero-order valence-corrected chi connectivity index (χ0v) is 11.0. The highest BCUT2D eigenvalue weighted by Crippen LogP contribution is 2.42. The van der Waals surface area contributed by atoms with Gasteiger partial charge in [-0.1, -0.05) is 6.07 Å². The maximum absolute atomic E-state index is 11.4. The van der Waals surface area contributed by atoms with Crippen LogP contribution in [0.5, 0.6) is 0 Å². The van der Waals surface area contributed by atoms with Gasteiger partial charge in [0.1, 0.15) is 5.30 Å². The van der Waals surface area contributed by atoms with Gasteiger partial charge >= 0.3 is 15.2 Å². The molecule has 1 aromatic rings. The predicted molar refractivity (Wildman–Crippen MR) is 64.1 cm³/mol. The van der Waals surface area contributed by atoms with Gasteiger partial charge in [-0.25, -0.2) is 0 Å². The van der Waals surface area contributed by atoms with Gasteiger partial charge in [0.15, 0.2) is 0 Å². The van der Waals surface area contributed by atoms with E-state index in [2.05, 4.69) is 0 Å². The molecule has 0 radical (unpaired) electrons. The Morgan fingerprint density at radius 1 is 1.00 bits per heavy atom. The van der Waals surface area contributed by atoms with Crippen LogP contribution in [0.4, 0.5) is 5.69 Å². The van der Waals surface area contributed by atoms with E-state index in [4.69, 9.17) is 9.79 Å². The van der Waals surface area contributed by atoms with Crippen LogP contribution in [0.15, 0.2) is 18.2 Å². The average Bonchev–Trinajstić information content (AvgIpc) is 2.13. The highest BCUT2D eigenvalue weighted by Gasteiger charge is 2.33. The molecule has 0 unspecified atom stereocenters. The summed E-state index contributed by atoms with van der Waals surface area (Å²) in [5.74, 6) is 0. The summed E-state index contributed by atoms with van der Waals surface area (Å²) in [5.41, 5.74) is 0.0826. The topological polar surface area (TPSA) is 118 Å². The Kier molecular flexibility index (Phi) is 3.84. The Morgan fingerprint density at radius 3 is 1.88 bits per heavy atom. The van der Waals surface area contributed by atoms with Gasteiger partial charge in [-0.15, -0.1) is 0 Å². The zero-order chi connectivity index (χ0) is 13.4. The number of benzene rings is 1. The fraction of sp³-hybridized carbons (Fsp3) is 0.250. The van der Waals surface area contributed by atoms with Crippen molar-refractivity contribution in [3.8, 4) is 0 Å². The van der Waals surface area contributed by atoms with Crippen molar-refractivity contribution in [1.29, 1.82) is 0 Å². The van der Waals surface area contributed by atoms with Crippen LogP contribution >= 0.6 is 15.2 Å². The minimum Gasteiger partial charge on any atom is -0.377 e. The normalized spacial score (nSPS) is 12.6. The summed E-state index contributed by atoms with van der Waals surface area (Å²) in [5, 5.41) is -1.27. The van der Waals surface area contributed by atoms with Gasteiger partial charge < -0.3 is 24.5 Å². The van der Waals surface area contributed by atoms with Crippen LogP contribution < -0.4 is 15.5 Å². The molecule has 1 aromatic carbocycles. The van der Waals surface area contributed by atoms with Crippen molar-refractivity contribution < 1.29 is 28.7 Å². The smallest absolute Gasteiger partial charge is 0.359 e. The molecule has 0 atom stereocenters. The average molecular weight is 281 g/mol. The largest absolute Gasteiger partial charge is 0.377 e. The molecule has 0 bridgehead atoms. The van der Waals surface area contributed by atoms with Gasteiger partial charge in [-0.2, -0.15) is 0 Å². The van der Waals surface area contributed by atoms with Crippen LogP contribution in [-0.2, 0) is 9.13 Å². The van der Waals surface area contributed by atoms with Crippen LogP contribution in [0.3, 0.4) is 0 Å². The Balaban J connectivity index is 3.70. The Labute approximate surface area is 98.0 Å². The lowest BCUT2D eigenvalue weighted by Crippen LogP contribution is -2.30. The molecule has 0 amide bonds. The lowest BCUT2D eigenvalue weighted by molar-refractivity contribution is 0.381. The summed E-state index contributed by atoms with van der Waals surface area (Å²) in [6, 6.07) is 3.73. The first-order valence-electron chi connectivity index (χ1n) is 4.47. The summed E-state index contributed by atoms with van der Waals surface area (Å²) < 4.78 is 22.6. The first kappa shape index (κ1) is 14.4. The van der Waals surface area contributed by atoms with Crippen LogP contribution in [0.2, 0.25) is 0 Å². The van der Waals surface area contributed by atoms with Crippen molar-refractivity contribution in [2.75, 3.05) is 19.0 Å². The second-order valence-electron chi connectivity index (χ2n) is 3.63. The molecule has 1 rings (SSSR count). The first-order chi connectivity index (χ1) is 7.55. The van der Waals surface area contributed by atoms with Crippen molar-refractivity contribution >= 4 is 31.5 Å². The van der Waals surface area contributed by atoms with Crippen molar-refractivity contribution in [2.45, 2.75) is 0 Å². The summed E-state index contributed by atoms with van der Waals surface area (Å²) in [4.78, 5) is 38.0. The Bertz CT molecular complexity index is 517. The molecule has 4 N–H and O–H groups in total. The number of rotatable bonds is 3. The van der Waals surface area contributed by atoms with Crippen LogP contribution in [0.1, 0.15) is 0 Å². The molecule has 7 nitrogen and oxygen atoms in total. The molecule has 0 spiro atoms. The van der Waals surface area contributed by atoms with Gasteiger partial charge in [0.25, 0.3) is 0 Å².